The topological polar surface area (TPSA) is 124 Å². The monoisotopic (exact) mass is 485 g/mol. The van der Waals surface area contributed by atoms with Gasteiger partial charge >= 0.3 is 0 Å². The van der Waals surface area contributed by atoms with Crippen LogP contribution in [0.5, 0.6) is 0 Å². The maximum atomic E-state index is 12.1. The fourth-order valence-electron chi connectivity index (χ4n) is 8.71. The molecule has 4 saturated carbocycles. The van der Waals surface area contributed by atoms with Gasteiger partial charge in [-0.1, -0.05) is 13.8 Å². The Kier molecular flexibility index (Phi) is 7.23. The third-order valence-corrected chi connectivity index (χ3v) is 11.3. The maximum absolute atomic E-state index is 12.1. The summed E-state index contributed by atoms with van der Waals surface area (Å²) in [5.74, 6) is 2.07. The molecule has 8 heteroatoms. The van der Waals surface area contributed by atoms with Gasteiger partial charge < -0.3 is 15.5 Å². The molecule has 0 heterocycles. The van der Waals surface area contributed by atoms with Gasteiger partial charge in [0.2, 0.25) is 5.91 Å². The lowest BCUT2D eigenvalue weighted by atomic mass is 9.44. The zero-order valence-corrected chi connectivity index (χ0v) is 21.0. The molecule has 0 aromatic rings. The lowest BCUT2D eigenvalue weighted by Crippen LogP contribution is -2.58. The van der Waals surface area contributed by atoms with Crippen LogP contribution >= 0.6 is 0 Å². The van der Waals surface area contributed by atoms with Crippen molar-refractivity contribution in [1.29, 1.82) is 0 Å². The summed E-state index contributed by atoms with van der Waals surface area (Å²) in [6, 6.07) is 0. The van der Waals surface area contributed by atoms with E-state index >= 15 is 0 Å². The van der Waals surface area contributed by atoms with Crippen LogP contribution in [0.2, 0.25) is 0 Å². The van der Waals surface area contributed by atoms with E-state index in [0.29, 0.717) is 36.0 Å². The number of fused-ring (bicyclic) bond motifs is 5. The largest absolute Gasteiger partial charge is 0.393 e. The predicted octanol–water partition coefficient (Wildman–Crippen LogP) is 3.15. The van der Waals surface area contributed by atoms with Gasteiger partial charge in [0.1, 0.15) is 0 Å². The highest BCUT2D eigenvalue weighted by Gasteiger charge is 2.62. The molecule has 0 aliphatic heterocycles. The van der Waals surface area contributed by atoms with Crippen molar-refractivity contribution in [2.24, 2.45) is 40.4 Å². The summed E-state index contributed by atoms with van der Waals surface area (Å²) in [7, 11) is -4.06. The Balaban J connectivity index is 1.35. The molecule has 0 aromatic carbocycles. The van der Waals surface area contributed by atoms with Crippen molar-refractivity contribution in [2.75, 3.05) is 12.3 Å². The van der Waals surface area contributed by atoms with Crippen LogP contribution < -0.4 is 5.32 Å². The van der Waals surface area contributed by atoms with Crippen molar-refractivity contribution in [3.63, 3.8) is 0 Å². The molecule has 190 valence electrons. The van der Waals surface area contributed by atoms with Crippen molar-refractivity contribution in [1.82, 2.24) is 5.32 Å². The molecule has 0 bridgehead atoms. The minimum absolute atomic E-state index is 0.0700. The molecule has 9 atom stereocenters. The molecule has 1 amide bonds. The first-order valence-corrected chi connectivity index (χ1v) is 14.6. The minimum atomic E-state index is -4.06. The molecular weight excluding hydrogens is 442 g/mol. The molecule has 0 spiro atoms. The number of carbonyl (C=O) groups is 1. The first-order chi connectivity index (χ1) is 15.4. The number of nitrogens with one attached hydrogen (secondary N) is 1. The molecule has 4 aliphatic rings. The smallest absolute Gasteiger partial charge is 0.266 e. The highest BCUT2D eigenvalue weighted by atomic mass is 32.2. The third kappa shape index (κ3) is 4.87. The molecule has 4 rings (SSSR count). The lowest BCUT2D eigenvalue weighted by molar-refractivity contribution is -0.171. The fraction of sp³-hybridized carbons (Fsp3) is 0.960. The lowest BCUT2D eigenvalue weighted by Gasteiger charge is -2.62. The standard InChI is InChI=1S/C25H43NO6S/c1-24-11-10-18(27)14-17(24)6-8-19-20-9-7-16(25(20,2)22(28)15-21(19)24)4-3-5-23(29)26-12-13-33(30,31)32/h16-22,27-28H,3-15H2,1-2H3,(H,26,29)(H,30,31,32)/t16-,17+,18+,19-,20-,21-,22-,24-,25+/m0/s1. The Bertz CT molecular complexity index is 833. The summed E-state index contributed by atoms with van der Waals surface area (Å²) in [6.45, 7) is 4.66. The van der Waals surface area contributed by atoms with Crippen LogP contribution in [-0.4, -0.2) is 53.6 Å². The zero-order valence-electron chi connectivity index (χ0n) is 20.2. The highest BCUT2D eigenvalue weighted by molar-refractivity contribution is 7.85. The average Bonchev–Trinajstić information content (AvgIpc) is 3.06. The van der Waals surface area contributed by atoms with Crippen LogP contribution in [0.25, 0.3) is 0 Å². The molecule has 0 saturated heterocycles. The molecule has 7 nitrogen and oxygen atoms in total. The molecule has 4 aliphatic carbocycles. The van der Waals surface area contributed by atoms with Crippen molar-refractivity contribution < 1.29 is 28.0 Å². The van der Waals surface area contributed by atoms with Crippen molar-refractivity contribution in [3.8, 4) is 0 Å². The molecule has 4 fully saturated rings. The van der Waals surface area contributed by atoms with Gasteiger partial charge in [0.25, 0.3) is 10.1 Å². The molecule has 0 aromatic heterocycles. The van der Waals surface area contributed by atoms with Crippen LogP contribution in [0.3, 0.4) is 0 Å². The minimum Gasteiger partial charge on any atom is -0.393 e. The van der Waals surface area contributed by atoms with Crippen molar-refractivity contribution >= 4 is 16.0 Å². The van der Waals surface area contributed by atoms with E-state index in [9.17, 15) is 23.4 Å². The molecular formula is C25H43NO6S. The molecule has 4 N–H and O–H groups in total. The summed E-state index contributed by atoms with van der Waals surface area (Å²) in [5.41, 5.74) is 0.142. The fourth-order valence-corrected chi connectivity index (χ4v) is 9.07. The second kappa shape index (κ2) is 9.40. The summed E-state index contributed by atoms with van der Waals surface area (Å²) in [4.78, 5) is 12.1. The summed E-state index contributed by atoms with van der Waals surface area (Å²) in [6.07, 6.45) is 9.93. The normalized spacial score (nSPS) is 45.1. The number of hydrogen-bond acceptors (Lipinski definition) is 5. The zero-order chi connectivity index (χ0) is 24.0. The first-order valence-electron chi connectivity index (χ1n) is 13.0. The molecule has 33 heavy (non-hydrogen) atoms. The number of carbonyl (C=O) groups excluding carboxylic acids is 1. The Hall–Kier alpha value is -0.700. The summed E-state index contributed by atoms with van der Waals surface area (Å²) >= 11 is 0. The van der Waals surface area contributed by atoms with Gasteiger partial charge in [-0.15, -0.1) is 0 Å². The third-order valence-electron chi connectivity index (χ3n) is 10.6. The molecule has 0 radical (unpaired) electrons. The summed E-state index contributed by atoms with van der Waals surface area (Å²) in [5, 5.41) is 24.3. The van der Waals surface area contributed by atoms with Gasteiger partial charge in [-0.3, -0.25) is 9.35 Å². The Morgan fingerprint density at radius 1 is 1.03 bits per heavy atom. The van der Waals surface area contributed by atoms with E-state index in [4.69, 9.17) is 4.55 Å². The van der Waals surface area contributed by atoms with E-state index in [0.717, 1.165) is 51.4 Å². The maximum Gasteiger partial charge on any atom is 0.266 e. The van der Waals surface area contributed by atoms with E-state index in [1.807, 2.05) is 0 Å². The number of aliphatic hydroxyl groups is 2. The van der Waals surface area contributed by atoms with E-state index in [-0.39, 0.29) is 35.5 Å². The Labute approximate surface area is 198 Å². The van der Waals surface area contributed by atoms with Crippen LogP contribution in [0.4, 0.5) is 0 Å². The number of aliphatic hydroxyl groups excluding tert-OH is 2. The predicted molar refractivity (Wildman–Crippen MR) is 126 cm³/mol. The van der Waals surface area contributed by atoms with E-state index in [2.05, 4.69) is 19.2 Å². The van der Waals surface area contributed by atoms with Crippen LogP contribution in [-0.2, 0) is 14.9 Å². The van der Waals surface area contributed by atoms with Gasteiger partial charge in [0, 0.05) is 13.0 Å². The van der Waals surface area contributed by atoms with Gasteiger partial charge in [-0.05, 0) is 105 Å². The number of hydrogen-bond donors (Lipinski definition) is 4. The second-order valence-electron chi connectivity index (χ2n) is 12.0. The Morgan fingerprint density at radius 3 is 2.52 bits per heavy atom. The van der Waals surface area contributed by atoms with E-state index in [1.165, 1.54) is 12.8 Å². The van der Waals surface area contributed by atoms with Crippen molar-refractivity contribution in [3.05, 3.63) is 0 Å². The van der Waals surface area contributed by atoms with E-state index in [1.54, 1.807) is 0 Å². The van der Waals surface area contributed by atoms with Crippen LogP contribution in [0, 0.1) is 40.4 Å². The van der Waals surface area contributed by atoms with Gasteiger partial charge in [-0.25, -0.2) is 0 Å². The van der Waals surface area contributed by atoms with Gasteiger partial charge in [0.15, 0.2) is 0 Å². The van der Waals surface area contributed by atoms with Gasteiger partial charge in [-0.2, -0.15) is 8.42 Å². The Morgan fingerprint density at radius 2 is 1.79 bits per heavy atom. The molecule has 0 unspecified atom stereocenters. The summed E-state index contributed by atoms with van der Waals surface area (Å²) < 4.78 is 30.3. The number of rotatable bonds is 7. The number of amides is 1. The van der Waals surface area contributed by atoms with Crippen LogP contribution in [0.1, 0.15) is 84.5 Å². The quantitative estimate of drug-likeness (QED) is 0.411. The second-order valence-corrected chi connectivity index (χ2v) is 13.6. The van der Waals surface area contributed by atoms with Crippen LogP contribution in [0.15, 0.2) is 0 Å². The van der Waals surface area contributed by atoms with E-state index < -0.39 is 15.9 Å². The van der Waals surface area contributed by atoms with Crippen molar-refractivity contribution in [2.45, 2.75) is 96.7 Å². The highest BCUT2D eigenvalue weighted by Crippen LogP contribution is 2.67. The first kappa shape index (κ1) is 25.4. The SMILES string of the molecule is C[C@]12CC[C@@H](O)C[C@H]1CC[C@@H]1[C@@H]2C[C@H](O)[C@]2(C)[C@@H](CCCC(=O)NCCS(=O)(=O)O)CC[C@@H]12. The average molecular weight is 486 g/mol. The van der Waals surface area contributed by atoms with Gasteiger partial charge in [0.05, 0.1) is 18.0 Å².